The van der Waals surface area contributed by atoms with Crippen LogP contribution in [0.15, 0.2) is 63.9 Å². The molecule has 0 aliphatic carbocycles. The summed E-state index contributed by atoms with van der Waals surface area (Å²) >= 11 is 1.47. The van der Waals surface area contributed by atoms with Crippen LogP contribution in [0.4, 0.5) is 6.01 Å². The third-order valence-corrected chi connectivity index (χ3v) is 3.67. The Kier molecular flexibility index (Phi) is 3.69. The van der Waals surface area contributed by atoms with Crippen LogP contribution in [-0.2, 0) is 4.79 Å². The molecule has 0 aliphatic heterocycles. The largest absolute Gasteiger partial charge is 0.423 e. The van der Waals surface area contributed by atoms with Crippen molar-refractivity contribution in [3.8, 4) is 0 Å². The molecule has 0 saturated carbocycles. The molecule has 0 radical (unpaired) electrons. The van der Waals surface area contributed by atoms with Crippen molar-refractivity contribution in [2.24, 2.45) is 0 Å². The number of amides is 1. The maximum absolute atomic E-state index is 11.8. The molecule has 1 N–H and O–H groups in total. The van der Waals surface area contributed by atoms with Crippen LogP contribution in [0.2, 0.25) is 0 Å². The fourth-order valence-electron chi connectivity index (χ4n) is 1.75. The molecule has 4 nitrogen and oxygen atoms in total. The standard InChI is InChI=1S/C15H12N2O2S/c18-14(10-20-11-6-2-1-3-7-11)17-15-16-12-8-4-5-9-13(12)19-15/h1-9H,10H2,(H,16,17,18). The third kappa shape index (κ3) is 3.00. The van der Waals surface area contributed by atoms with E-state index in [2.05, 4.69) is 10.3 Å². The number of nitrogens with zero attached hydrogens (tertiary/aromatic N) is 1. The predicted octanol–water partition coefficient (Wildman–Crippen LogP) is 3.56. The Balaban J connectivity index is 1.61. The highest BCUT2D eigenvalue weighted by Gasteiger charge is 2.09. The van der Waals surface area contributed by atoms with Crippen LogP contribution in [0.3, 0.4) is 0 Å². The van der Waals surface area contributed by atoms with Crippen LogP contribution in [0.25, 0.3) is 11.1 Å². The van der Waals surface area contributed by atoms with Gasteiger partial charge in [0, 0.05) is 4.90 Å². The predicted molar refractivity (Wildman–Crippen MR) is 79.8 cm³/mol. The van der Waals surface area contributed by atoms with Gasteiger partial charge in [-0.25, -0.2) is 0 Å². The summed E-state index contributed by atoms with van der Waals surface area (Å²) in [6.45, 7) is 0. The first-order valence-corrected chi connectivity index (χ1v) is 7.13. The van der Waals surface area contributed by atoms with Gasteiger partial charge in [-0.05, 0) is 24.3 Å². The van der Waals surface area contributed by atoms with Crippen molar-refractivity contribution in [1.82, 2.24) is 4.98 Å². The van der Waals surface area contributed by atoms with E-state index in [0.29, 0.717) is 11.3 Å². The zero-order chi connectivity index (χ0) is 13.8. The molecule has 3 aromatic rings. The van der Waals surface area contributed by atoms with E-state index in [1.165, 1.54) is 11.8 Å². The molecule has 3 rings (SSSR count). The maximum atomic E-state index is 11.8. The molecule has 0 unspecified atom stereocenters. The van der Waals surface area contributed by atoms with Gasteiger partial charge in [0.1, 0.15) is 5.52 Å². The van der Waals surface area contributed by atoms with Gasteiger partial charge in [-0.1, -0.05) is 30.3 Å². The Morgan fingerprint density at radius 2 is 1.85 bits per heavy atom. The summed E-state index contributed by atoms with van der Waals surface area (Å²) < 4.78 is 5.44. The lowest BCUT2D eigenvalue weighted by Crippen LogP contribution is -2.14. The van der Waals surface area contributed by atoms with E-state index >= 15 is 0 Å². The van der Waals surface area contributed by atoms with Crippen LogP contribution in [0.5, 0.6) is 0 Å². The van der Waals surface area contributed by atoms with E-state index in [4.69, 9.17) is 4.42 Å². The number of rotatable bonds is 4. The number of fused-ring (bicyclic) bond motifs is 1. The number of hydrogen-bond acceptors (Lipinski definition) is 4. The van der Waals surface area contributed by atoms with E-state index in [1.54, 1.807) is 0 Å². The molecule has 0 bridgehead atoms. The number of para-hydroxylation sites is 2. The van der Waals surface area contributed by atoms with Gasteiger partial charge in [0.25, 0.3) is 0 Å². The Hall–Kier alpha value is -2.27. The van der Waals surface area contributed by atoms with Gasteiger partial charge < -0.3 is 4.42 Å². The molecule has 1 aromatic heterocycles. The number of anilines is 1. The van der Waals surface area contributed by atoms with Gasteiger partial charge in [0.2, 0.25) is 5.91 Å². The lowest BCUT2D eigenvalue weighted by Gasteiger charge is -2.01. The number of benzene rings is 2. The lowest BCUT2D eigenvalue weighted by molar-refractivity contribution is -0.113. The van der Waals surface area contributed by atoms with E-state index < -0.39 is 0 Å². The van der Waals surface area contributed by atoms with E-state index in [0.717, 1.165) is 10.4 Å². The highest BCUT2D eigenvalue weighted by Crippen LogP contribution is 2.20. The first kappa shape index (κ1) is 12.7. The average molecular weight is 284 g/mol. The minimum absolute atomic E-state index is 0.134. The normalized spacial score (nSPS) is 10.6. The zero-order valence-corrected chi connectivity index (χ0v) is 11.4. The van der Waals surface area contributed by atoms with Gasteiger partial charge in [-0.15, -0.1) is 11.8 Å². The highest BCUT2D eigenvalue weighted by atomic mass is 32.2. The Bertz CT molecular complexity index is 692. The molecule has 0 aliphatic rings. The molecular weight excluding hydrogens is 272 g/mol. The number of aromatic nitrogens is 1. The molecule has 0 spiro atoms. The monoisotopic (exact) mass is 284 g/mol. The van der Waals surface area contributed by atoms with Crippen LogP contribution < -0.4 is 5.32 Å². The van der Waals surface area contributed by atoms with E-state index in [1.807, 2.05) is 54.6 Å². The summed E-state index contributed by atoms with van der Waals surface area (Å²) in [6.07, 6.45) is 0. The Morgan fingerprint density at radius 1 is 1.10 bits per heavy atom. The maximum Gasteiger partial charge on any atom is 0.302 e. The number of hydrogen-bond donors (Lipinski definition) is 1. The van der Waals surface area contributed by atoms with Gasteiger partial charge in [-0.3, -0.25) is 10.1 Å². The molecule has 2 aromatic carbocycles. The van der Waals surface area contributed by atoms with Gasteiger partial charge >= 0.3 is 6.01 Å². The number of oxazole rings is 1. The quantitative estimate of drug-likeness (QED) is 0.744. The molecule has 100 valence electrons. The lowest BCUT2D eigenvalue weighted by atomic mass is 10.3. The second kappa shape index (κ2) is 5.79. The zero-order valence-electron chi connectivity index (χ0n) is 10.6. The van der Waals surface area contributed by atoms with Crippen molar-refractivity contribution in [3.63, 3.8) is 0 Å². The summed E-state index contributed by atoms with van der Waals surface area (Å²) in [5.74, 6) is 0.188. The SMILES string of the molecule is O=C(CSc1ccccc1)Nc1nc2ccccc2o1. The molecule has 1 heterocycles. The second-order valence-corrected chi connectivity index (χ2v) is 5.19. The fraction of sp³-hybridized carbons (Fsp3) is 0.0667. The molecule has 0 fully saturated rings. The first-order chi connectivity index (χ1) is 9.81. The number of carbonyl (C=O) groups excluding carboxylic acids is 1. The fourth-order valence-corrected chi connectivity index (χ4v) is 2.47. The van der Waals surface area contributed by atoms with Gasteiger partial charge in [0.05, 0.1) is 5.75 Å². The van der Waals surface area contributed by atoms with Crippen LogP contribution in [-0.4, -0.2) is 16.6 Å². The Labute approximate surface area is 120 Å². The average Bonchev–Trinajstić information content (AvgIpc) is 2.88. The van der Waals surface area contributed by atoms with Crippen molar-refractivity contribution >= 4 is 34.8 Å². The van der Waals surface area contributed by atoms with Gasteiger partial charge in [0.15, 0.2) is 5.58 Å². The van der Waals surface area contributed by atoms with E-state index in [9.17, 15) is 4.79 Å². The minimum Gasteiger partial charge on any atom is -0.423 e. The van der Waals surface area contributed by atoms with Crippen molar-refractivity contribution in [2.75, 3.05) is 11.1 Å². The van der Waals surface area contributed by atoms with Crippen LogP contribution in [0, 0.1) is 0 Å². The van der Waals surface area contributed by atoms with E-state index in [-0.39, 0.29) is 11.9 Å². The summed E-state index contributed by atoms with van der Waals surface area (Å²) in [5.41, 5.74) is 1.40. The molecule has 1 amide bonds. The van der Waals surface area contributed by atoms with Crippen molar-refractivity contribution in [2.45, 2.75) is 4.90 Å². The van der Waals surface area contributed by atoms with Crippen LogP contribution in [0.1, 0.15) is 0 Å². The van der Waals surface area contributed by atoms with Crippen LogP contribution >= 0.6 is 11.8 Å². The first-order valence-electron chi connectivity index (χ1n) is 6.14. The molecular formula is C15H12N2O2S. The minimum atomic E-state index is -0.134. The third-order valence-electron chi connectivity index (χ3n) is 2.65. The topological polar surface area (TPSA) is 55.1 Å². The summed E-state index contributed by atoms with van der Waals surface area (Å²) in [6, 6.07) is 17.4. The molecule has 0 atom stereocenters. The van der Waals surface area contributed by atoms with Crippen molar-refractivity contribution < 1.29 is 9.21 Å². The molecule has 5 heteroatoms. The summed E-state index contributed by atoms with van der Waals surface area (Å²) in [4.78, 5) is 17.1. The second-order valence-electron chi connectivity index (χ2n) is 4.14. The molecule has 0 saturated heterocycles. The number of thioether (sulfide) groups is 1. The summed E-state index contributed by atoms with van der Waals surface area (Å²) in [7, 11) is 0. The summed E-state index contributed by atoms with van der Waals surface area (Å²) in [5, 5.41) is 2.66. The smallest absolute Gasteiger partial charge is 0.302 e. The number of carbonyl (C=O) groups is 1. The number of nitrogens with one attached hydrogen (secondary N) is 1. The van der Waals surface area contributed by atoms with Crippen molar-refractivity contribution in [3.05, 3.63) is 54.6 Å². The molecule has 20 heavy (non-hydrogen) atoms. The van der Waals surface area contributed by atoms with Crippen molar-refractivity contribution in [1.29, 1.82) is 0 Å². The van der Waals surface area contributed by atoms with Gasteiger partial charge in [-0.2, -0.15) is 4.98 Å². The Morgan fingerprint density at radius 3 is 2.65 bits per heavy atom. The highest BCUT2D eigenvalue weighted by molar-refractivity contribution is 8.00.